The van der Waals surface area contributed by atoms with Gasteiger partial charge in [0.2, 0.25) is 0 Å². The maximum Gasteiger partial charge on any atom is 0.124 e. The second-order valence-electron chi connectivity index (χ2n) is 3.56. The van der Waals surface area contributed by atoms with Gasteiger partial charge < -0.3 is 4.42 Å². The summed E-state index contributed by atoms with van der Waals surface area (Å²) in [5.41, 5.74) is 3.10. The lowest BCUT2D eigenvalue weighted by Crippen LogP contribution is -1.77. The fourth-order valence-electron chi connectivity index (χ4n) is 1.57. The molecule has 0 bridgehead atoms. The molecule has 0 aliphatic carbocycles. The molecular formula is C13H8BrNOS. The van der Waals surface area contributed by atoms with Crippen LogP contribution in [0.5, 0.6) is 0 Å². The van der Waals surface area contributed by atoms with E-state index in [0.29, 0.717) is 0 Å². The summed E-state index contributed by atoms with van der Waals surface area (Å²) in [5, 5.41) is 3.06. The van der Waals surface area contributed by atoms with E-state index in [2.05, 4.69) is 33.0 Å². The van der Waals surface area contributed by atoms with Gasteiger partial charge in [-0.3, -0.25) is 0 Å². The Morgan fingerprint density at radius 3 is 2.88 bits per heavy atom. The summed E-state index contributed by atoms with van der Waals surface area (Å²) in [4.78, 5) is 4.60. The van der Waals surface area contributed by atoms with E-state index in [9.17, 15) is 0 Å². The van der Waals surface area contributed by atoms with Crippen molar-refractivity contribution in [3.63, 3.8) is 0 Å². The largest absolute Gasteiger partial charge is 0.472 e. The zero-order valence-corrected chi connectivity index (χ0v) is 11.2. The Balaban J connectivity index is 2.01. The quantitative estimate of drug-likeness (QED) is 0.677. The van der Waals surface area contributed by atoms with Gasteiger partial charge in [-0.1, -0.05) is 28.1 Å². The van der Waals surface area contributed by atoms with Crippen molar-refractivity contribution in [3.05, 3.63) is 52.7 Å². The average molecular weight is 306 g/mol. The van der Waals surface area contributed by atoms with Gasteiger partial charge >= 0.3 is 0 Å². The first-order valence-electron chi connectivity index (χ1n) is 5.07. The number of hydrogen-bond donors (Lipinski definition) is 0. The minimum atomic E-state index is 0.957. The van der Waals surface area contributed by atoms with E-state index in [1.165, 1.54) is 0 Å². The number of furan rings is 1. The summed E-state index contributed by atoms with van der Waals surface area (Å²) in [5.74, 6) is 0. The average Bonchev–Trinajstić information content (AvgIpc) is 3.00. The predicted octanol–water partition coefficient (Wildman–Crippen LogP) is 4.83. The number of halogens is 1. The number of nitrogens with zero attached hydrogens (tertiary/aromatic N) is 1. The first-order valence-corrected chi connectivity index (χ1v) is 6.74. The standard InChI is InChI=1S/C13H8BrNOS/c14-11-3-1-2-9(6-11)13-15-12(8-17-13)10-4-5-16-7-10/h1-8H. The van der Waals surface area contributed by atoms with Crippen LogP contribution in [0.2, 0.25) is 0 Å². The third-order valence-electron chi connectivity index (χ3n) is 2.39. The molecule has 0 N–H and O–H groups in total. The highest BCUT2D eigenvalue weighted by molar-refractivity contribution is 9.10. The Hall–Kier alpha value is -1.39. The minimum Gasteiger partial charge on any atom is -0.472 e. The van der Waals surface area contributed by atoms with Gasteiger partial charge in [-0.2, -0.15) is 0 Å². The van der Waals surface area contributed by atoms with Crippen LogP contribution in [0.3, 0.4) is 0 Å². The summed E-state index contributed by atoms with van der Waals surface area (Å²) in [6, 6.07) is 10.1. The lowest BCUT2D eigenvalue weighted by atomic mass is 10.2. The molecule has 0 saturated carbocycles. The van der Waals surface area contributed by atoms with Crippen molar-refractivity contribution >= 4 is 27.3 Å². The van der Waals surface area contributed by atoms with Crippen LogP contribution in [0.1, 0.15) is 0 Å². The van der Waals surface area contributed by atoms with Crippen LogP contribution in [0.15, 0.2) is 57.1 Å². The molecule has 0 radical (unpaired) electrons. The van der Waals surface area contributed by atoms with Crippen LogP contribution in [-0.4, -0.2) is 4.98 Å². The summed E-state index contributed by atoms with van der Waals surface area (Å²) in [6.45, 7) is 0. The fourth-order valence-corrected chi connectivity index (χ4v) is 2.80. The predicted molar refractivity (Wildman–Crippen MR) is 73.0 cm³/mol. The molecule has 0 unspecified atom stereocenters. The van der Waals surface area contributed by atoms with Crippen molar-refractivity contribution in [3.8, 4) is 21.8 Å². The Morgan fingerprint density at radius 2 is 2.12 bits per heavy atom. The third-order valence-corrected chi connectivity index (χ3v) is 3.78. The molecule has 0 amide bonds. The second-order valence-corrected chi connectivity index (χ2v) is 5.33. The van der Waals surface area contributed by atoms with E-state index in [-0.39, 0.29) is 0 Å². The Labute approximate surface area is 111 Å². The number of aromatic nitrogens is 1. The normalized spacial score (nSPS) is 10.6. The van der Waals surface area contributed by atoms with Crippen molar-refractivity contribution in [2.45, 2.75) is 0 Å². The highest BCUT2D eigenvalue weighted by Gasteiger charge is 2.07. The molecule has 84 valence electrons. The van der Waals surface area contributed by atoms with Crippen LogP contribution < -0.4 is 0 Å². The topological polar surface area (TPSA) is 26.0 Å². The van der Waals surface area contributed by atoms with E-state index < -0.39 is 0 Å². The number of thiazole rings is 1. The van der Waals surface area contributed by atoms with Crippen LogP contribution in [0.4, 0.5) is 0 Å². The Bertz CT molecular complexity index is 630. The van der Waals surface area contributed by atoms with Crippen molar-refractivity contribution in [2.24, 2.45) is 0 Å². The van der Waals surface area contributed by atoms with Gasteiger partial charge in [0.15, 0.2) is 0 Å². The van der Waals surface area contributed by atoms with Gasteiger partial charge in [0.25, 0.3) is 0 Å². The highest BCUT2D eigenvalue weighted by Crippen LogP contribution is 2.30. The van der Waals surface area contributed by atoms with E-state index in [0.717, 1.165) is 26.3 Å². The molecular weight excluding hydrogens is 298 g/mol. The summed E-state index contributed by atoms with van der Waals surface area (Å²) < 4.78 is 6.12. The molecule has 0 atom stereocenters. The Kier molecular flexibility index (Phi) is 2.82. The van der Waals surface area contributed by atoms with Gasteiger partial charge in [0.05, 0.1) is 18.2 Å². The van der Waals surface area contributed by atoms with Gasteiger partial charge in [-0.25, -0.2) is 4.98 Å². The van der Waals surface area contributed by atoms with E-state index >= 15 is 0 Å². The third kappa shape index (κ3) is 2.18. The molecule has 2 aromatic heterocycles. The van der Waals surface area contributed by atoms with Crippen molar-refractivity contribution < 1.29 is 4.42 Å². The van der Waals surface area contributed by atoms with Gasteiger partial charge in [0, 0.05) is 21.0 Å². The number of rotatable bonds is 2. The molecule has 0 fully saturated rings. The monoisotopic (exact) mass is 305 g/mol. The lowest BCUT2D eigenvalue weighted by molar-refractivity contribution is 0.568. The second kappa shape index (κ2) is 4.47. The Morgan fingerprint density at radius 1 is 1.18 bits per heavy atom. The van der Waals surface area contributed by atoms with Crippen LogP contribution >= 0.6 is 27.3 Å². The maximum absolute atomic E-state index is 5.06. The molecule has 0 aliphatic heterocycles. The first-order chi connectivity index (χ1) is 8.33. The minimum absolute atomic E-state index is 0.957. The summed E-state index contributed by atoms with van der Waals surface area (Å²) in [7, 11) is 0. The number of hydrogen-bond acceptors (Lipinski definition) is 3. The van der Waals surface area contributed by atoms with Crippen molar-refractivity contribution in [1.82, 2.24) is 4.98 Å². The fraction of sp³-hybridized carbons (Fsp3) is 0. The zero-order chi connectivity index (χ0) is 11.7. The molecule has 0 spiro atoms. The molecule has 1 aromatic carbocycles. The molecule has 17 heavy (non-hydrogen) atoms. The lowest BCUT2D eigenvalue weighted by Gasteiger charge is -1.96. The van der Waals surface area contributed by atoms with Crippen molar-refractivity contribution in [2.75, 3.05) is 0 Å². The van der Waals surface area contributed by atoms with Crippen LogP contribution in [0, 0.1) is 0 Å². The maximum atomic E-state index is 5.06. The van der Waals surface area contributed by atoms with E-state index in [4.69, 9.17) is 4.42 Å². The summed E-state index contributed by atoms with van der Waals surface area (Å²) in [6.07, 6.45) is 3.37. The first kappa shape index (κ1) is 10.7. The molecule has 2 nitrogen and oxygen atoms in total. The van der Waals surface area contributed by atoms with Gasteiger partial charge in [-0.15, -0.1) is 11.3 Å². The van der Waals surface area contributed by atoms with Gasteiger partial charge in [-0.05, 0) is 18.2 Å². The highest BCUT2D eigenvalue weighted by atomic mass is 79.9. The summed E-state index contributed by atoms with van der Waals surface area (Å²) >= 11 is 5.10. The molecule has 3 aromatic rings. The van der Waals surface area contributed by atoms with E-state index in [1.807, 2.05) is 23.6 Å². The van der Waals surface area contributed by atoms with Crippen molar-refractivity contribution in [1.29, 1.82) is 0 Å². The van der Waals surface area contributed by atoms with E-state index in [1.54, 1.807) is 23.9 Å². The SMILES string of the molecule is Brc1cccc(-c2nc(-c3ccoc3)cs2)c1. The molecule has 4 heteroatoms. The number of benzene rings is 1. The van der Waals surface area contributed by atoms with Crippen LogP contribution in [0.25, 0.3) is 21.8 Å². The molecule has 0 saturated heterocycles. The van der Waals surface area contributed by atoms with Crippen LogP contribution in [-0.2, 0) is 0 Å². The van der Waals surface area contributed by atoms with Gasteiger partial charge in [0.1, 0.15) is 5.01 Å². The smallest absolute Gasteiger partial charge is 0.124 e. The molecule has 2 heterocycles. The molecule has 3 rings (SSSR count). The molecule has 0 aliphatic rings. The zero-order valence-electron chi connectivity index (χ0n) is 8.76.